The Balaban J connectivity index is 0.00000338. The normalized spacial score (nSPS) is 44.3. The minimum Gasteiger partial charge on any atom is -0.707 e. The van der Waals surface area contributed by atoms with Crippen LogP contribution in [0, 0.1) is 5.92 Å². The zero-order valence-electron chi connectivity index (χ0n) is 14.9. The largest absolute Gasteiger partial charge is 1.00 e. The molecule has 0 aromatic carbocycles. The van der Waals surface area contributed by atoms with Gasteiger partial charge in [0, 0.05) is 13.0 Å². The van der Waals surface area contributed by atoms with Crippen LogP contribution in [-0.4, -0.2) is 85.8 Å². The van der Waals surface area contributed by atoms with Crippen LogP contribution in [0.5, 0.6) is 0 Å². The van der Waals surface area contributed by atoms with Crippen LogP contribution in [0.25, 0.3) is 0 Å². The van der Waals surface area contributed by atoms with Gasteiger partial charge < -0.3 is 43.9 Å². The van der Waals surface area contributed by atoms with Crippen LogP contribution < -0.4 is 34.8 Å². The van der Waals surface area contributed by atoms with Crippen molar-refractivity contribution in [1.82, 2.24) is 0 Å². The first-order chi connectivity index (χ1) is 11.6. The summed E-state index contributed by atoms with van der Waals surface area (Å²) in [6.45, 7) is 3.15. The second-order valence-corrected chi connectivity index (χ2v) is 7.89. The smallest absolute Gasteiger partial charge is 0.707 e. The molecule has 2 aliphatic rings. The number of methoxy groups -OCH3 is 1. The first-order valence-corrected chi connectivity index (χ1v) is 9.16. The zero-order valence-corrected chi connectivity index (χ0v) is 17.7. The van der Waals surface area contributed by atoms with Crippen molar-refractivity contribution in [1.29, 1.82) is 0 Å². The van der Waals surface area contributed by atoms with Crippen LogP contribution in [0.3, 0.4) is 0 Å². The summed E-state index contributed by atoms with van der Waals surface area (Å²) in [5.41, 5.74) is 0. The molecule has 148 valence electrons. The molecule has 13 heteroatoms. The first-order valence-electron chi connectivity index (χ1n) is 7.68. The van der Waals surface area contributed by atoms with Gasteiger partial charge in [-0.1, -0.05) is 6.92 Å². The third-order valence-corrected chi connectivity index (χ3v) is 5.84. The SMILES string of the molecule is CO[C@@H]1OC(C)[C@H](O[C@@H]2OC[C@@H](C)C(O)[C@@H]2O)[C@H](S(=O)(=O)O[O-])C1O.[Na+]. The maximum Gasteiger partial charge on any atom is 1.00 e. The van der Waals surface area contributed by atoms with Crippen molar-refractivity contribution in [2.75, 3.05) is 13.7 Å². The van der Waals surface area contributed by atoms with Gasteiger partial charge in [-0.2, -0.15) is 8.42 Å². The fourth-order valence-electron chi connectivity index (χ4n) is 2.97. The van der Waals surface area contributed by atoms with Crippen LogP contribution in [0.15, 0.2) is 0 Å². The summed E-state index contributed by atoms with van der Waals surface area (Å²) in [4.78, 5) is 0. The minimum atomic E-state index is -4.78. The molecule has 0 radical (unpaired) electrons. The summed E-state index contributed by atoms with van der Waals surface area (Å²) < 4.78 is 48.2. The second-order valence-electron chi connectivity index (χ2n) is 6.22. The van der Waals surface area contributed by atoms with E-state index in [1.165, 1.54) is 14.0 Å². The maximum atomic E-state index is 12.0. The van der Waals surface area contributed by atoms with Crippen molar-refractivity contribution in [3.63, 3.8) is 0 Å². The van der Waals surface area contributed by atoms with E-state index in [2.05, 4.69) is 4.33 Å². The molecule has 2 rings (SSSR count). The van der Waals surface area contributed by atoms with Gasteiger partial charge in [0.1, 0.15) is 23.6 Å². The topological polar surface area (TPSA) is 164 Å². The molecule has 9 atom stereocenters. The van der Waals surface area contributed by atoms with Crippen molar-refractivity contribution in [2.45, 2.75) is 62.2 Å². The van der Waals surface area contributed by atoms with E-state index in [1.807, 2.05) is 0 Å². The Hall–Kier alpha value is 0.590. The van der Waals surface area contributed by atoms with Gasteiger partial charge in [0.25, 0.3) is 10.1 Å². The number of ether oxygens (including phenoxy) is 4. The number of aliphatic hydroxyl groups excluding tert-OH is 3. The summed E-state index contributed by atoms with van der Waals surface area (Å²) in [5.74, 6) is -0.358. The molecule has 0 aromatic rings. The summed E-state index contributed by atoms with van der Waals surface area (Å²) in [6.07, 6.45) is -9.47. The molecule has 0 aliphatic carbocycles. The van der Waals surface area contributed by atoms with Gasteiger partial charge in [-0.3, -0.25) is 0 Å². The summed E-state index contributed by atoms with van der Waals surface area (Å²) in [7, 11) is -3.59. The van der Waals surface area contributed by atoms with Crippen molar-refractivity contribution in [3.05, 3.63) is 0 Å². The first kappa shape index (κ1) is 24.6. The molecule has 0 aromatic heterocycles. The average Bonchev–Trinajstić information content (AvgIpc) is 2.57. The summed E-state index contributed by atoms with van der Waals surface area (Å²) in [5, 5.41) is 39.0. The molecule has 2 aliphatic heterocycles. The molecule has 3 unspecified atom stereocenters. The van der Waals surface area contributed by atoms with E-state index in [0.29, 0.717) is 0 Å². The van der Waals surface area contributed by atoms with Crippen molar-refractivity contribution in [2.24, 2.45) is 5.92 Å². The predicted molar refractivity (Wildman–Crippen MR) is 76.9 cm³/mol. The number of hydrogen-bond donors (Lipinski definition) is 3. The molecule has 11 nitrogen and oxygen atoms in total. The van der Waals surface area contributed by atoms with Crippen LogP contribution >= 0.6 is 0 Å². The maximum absolute atomic E-state index is 12.0. The van der Waals surface area contributed by atoms with Gasteiger partial charge in [0.15, 0.2) is 12.6 Å². The van der Waals surface area contributed by atoms with Gasteiger partial charge in [0.2, 0.25) is 0 Å². The third-order valence-electron chi connectivity index (χ3n) is 4.44. The fourth-order valence-corrected chi connectivity index (χ4v) is 4.14. The monoisotopic (exact) mass is 410 g/mol. The minimum absolute atomic E-state index is 0. The molecule has 26 heavy (non-hydrogen) atoms. The second kappa shape index (κ2) is 9.87. The molecule has 0 bridgehead atoms. The Morgan fingerprint density at radius 1 is 1.08 bits per heavy atom. The molecule has 0 saturated carbocycles. The van der Waals surface area contributed by atoms with Crippen LogP contribution in [0.4, 0.5) is 0 Å². The van der Waals surface area contributed by atoms with E-state index in [9.17, 15) is 29.0 Å². The molecule has 2 fully saturated rings. The molecule has 2 saturated heterocycles. The number of hydrogen-bond acceptors (Lipinski definition) is 11. The molecule has 3 N–H and O–H groups in total. The van der Waals surface area contributed by atoms with Crippen LogP contribution in [-0.2, 0) is 33.4 Å². The molecular weight excluding hydrogens is 387 g/mol. The van der Waals surface area contributed by atoms with E-state index in [0.717, 1.165) is 0 Å². The van der Waals surface area contributed by atoms with Gasteiger partial charge in [0.05, 0.1) is 18.8 Å². The van der Waals surface area contributed by atoms with Gasteiger partial charge >= 0.3 is 29.6 Å². The Labute approximate surface area is 173 Å². The quantitative estimate of drug-likeness (QED) is 0.224. The van der Waals surface area contributed by atoms with E-state index in [1.54, 1.807) is 6.92 Å². The average molecular weight is 410 g/mol. The van der Waals surface area contributed by atoms with Gasteiger partial charge in [-0.05, 0) is 6.92 Å². The number of rotatable bonds is 5. The zero-order chi connectivity index (χ0) is 18.9. The Morgan fingerprint density at radius 3 is 2.23 bits per heavy atom. The van der Waals surface area contributed by atoms with E-state index in [-0.39, 0.29) is 42.1 Å². The van der Waals surface area contributed by atoms with E-state index in [4.69, 9.17) is 18.9 Å². The predicted octanol–water partition coefficient (Wildman–Crippen LogP) is -6.17. The molecule has 0 spiro atoms. The van der Waals surface area contributed by atoms with E-state index >= 15 is 0 Å². The van der Waals surface area contributed by atoms with Gasteiger partial charge in [-0.15, -0.1) is 0 Å². The molecule has 2 heterocycles. The Morgan fingerprint density at radius 2 is 1.69 bits per heavy atom. The van der Waals surface area contributed by atoms with Gasteiger partial charge in [-0.25, -0.2) is 0 Å². The van der Waals surface area contributed by atoms with Crippen molar-refractivity contribution < 1.29 is 81.8 Å². The summed E-state index contributed by atoms with van der Waals surface area (Å²) >= 11 is 0. The third kappa shape index (κ3) is 4.95. The Bertz CT molecular complexity index is 546. The van der Waals surface area contributed by atoms with Crippen LogP contribution in [0.1, 0.15) is 13.8 Å². The standard InChI is InChI=1S/C13H24O11S.Na/c1-5-4-21-13(8(15)7(5)14)23-10-6(2)22-12(20-3)9(16)11(10)25(18,19)24-17;/h5-17H,4H2,1-3H3;/q;+1/p-1/t5-,6?,7?,8+,9?,10+,11-,12-,13+;/m1./s1. The summed E-state index contributed by atoms with van der Waals surface area (Å²) in [6, 6.07) is 0. The molecular formula is C13H23NaO11S. The fraction of sp³-hybridized carbons (Fsp3) is 1.00. The Kier molecular flexibility index (Phi) is 9.35. The van der Waals surface area contributed by atoms with Crippen molar-refractivity contribution in [3.8, 4) is 0 Å². The van der Waals surface area contributed by atoms with E-state index < -0.39 is 58.5 Å². The number of aliphatic hydroxyl groups is 3. The van der Waals surface area contributed by atoms with Crippen molar-refractivity contribution >= 4 is 10.1 Å². The molecule has 0 amide bonds. The van der Waals surface area contributed by atoms with Crippen LogP contribution in [0.2, 0.25) is 0 Å².